The van der Waals surface area contributed by atoms with Crippen molar-refractivity contribution >= 4 is 5.91 Å². The number of primary amides is 1. The normalized spacial score (nSPS) is 35.8. The van der Waals surface area contributed by atoms with Gasteiger partial charge in [-0.3, -0.25) is 4.79 Å². The van der Waals surface area contributed by atoms with Gasteiger partial charge in [-0.05, 0) is 31.1 Å². The Morgan fingerprint density at radius 2 is 2.17 bits per heavy atom. The van der Waals surface area contributed by atoms with Crippen molar-refractivity contribution in [3.63, 3.8) is 0 Å². The van der Waals surface area contributed by atoms with Crippen LogP contribution in [-0.2, 0) is 4.79 Å². The third-order valence-corrected chi connectivity index (χ3v) is 3.32. The summed E-state index contributed by atoms with van der Waals surface area (Å²) in [5.74, 6) is 1.26. The Kier molecular flexibility index (Phi) is 2.45. The summed E-state index contributed by atoms with van der Waals surface area (Å²) in [6, 6.07) is 0. The molecule has 0 unspecified atom stereocenters. The summed E-state index contributed by atoms with van der Waals surface area (Å²) in [6.07, 6.45) is 3.13. The van der Waals surface area contributed by atoms with Crippen LogP contribution < -0.4 is 5.73 Å². The van der Waals surface area contributed by atoms with Crippen molar-refractivity contribution in [1.82, 2.24) is 0 Å². The number of hydrogen-bond acceptors (Lipinski definition) is 1. The van der Waals surface area contributed by atoms with Gasteiger partial charge >= 0.3 is 0 Å². The molecule has 0 aliphatic heterocycles. The van der Waals surface area contributed by atoms with Crippen molar-refractivity contribution in [3.05, 3.63) is 0 Å². The van der Waals surface area contributed by atoms with Crippen molar-refractivity contribution in [2.24, 2.45) is 23.0 Å². The fourth-order valence-electron chi connectivity index (χ4n) is 2.08. The second-order valence-electron chi connectivity index (χ2n) is 4.67. The number of carbonyl (C=O) groups is 1. The van der Waals surface area contributed by atoms with E-state index in [4.69, 9.17) is 5.73 Å². The lowest BCUT2D eigenvalue weighted by molar-refractivity contribution is -0.126. The predicted octanol–water partition coefficient (Wildman–Crippen LogP) is 1.93. The third kappa shape index (κ3) is 1.62. The molecule has 1 rings (SSSR count). The highest BCUT2D eigenvalue weighted by Crippen LogP contribution is 2.44. The Morgan fingerprint density at radius 3 is 2.42 bits per heavy atom. The minimum atomic E-state index is -0.213. The summed E-state index contributed by atoms with van der Waals surface area (Å²) >= 11 is 0. The molecule has 0 aromatic carbocycles. The molecule has 1 amide bonds. The van der Waals surface area contributed by atoms with Crippen LogP contribution in [0.3, 0.4) is 0 Å². The van der Waals surface area contributed by atoms with E-state index in [1.54, 1.807) is 0 Å². The molecule has 2 N–H and O–H groups in total. The maximum atomic E-state index is 11.1. The fraction of sp³-hybridized carbons (Fsp3) is 0.900. The minimum Gasteiger partial charge on any atom is -0.369 e. The zero-order valence-corrected chi connectivity index (χ0v) is 8.26. The van der Waals surface area contributed by atoms with Crippen LogP contribution in [0.2, 0.25) is 0 Å². The van der Waals surface area contributed by atoms with E-state index in [-0.39, 0.29) is 11.3 Å². The van der Waals surface area contributed by atoms with Gasteiger partial charge in [0.2, 0.25) is 5.91 Å². The van der Waals surface area contributed by atoms with E-state index in [9.17, 15) is 4.79 Å². The molecule has 0 heterocycles. The lowest BCUT2D eigenvalue weighted by Gasteiger charge is -2.20. The van der Waals surface area contributed by atoms with Crippen LogP contribution in [0.15, 0.2) is 0 Å². The van der Waals surface area contributed by atoms with Crippen molar-refractivity contribution in [3.8, 4) is 0 Å². The van der Waals surface area contributed by atoms with Crippen molar-refractivity contribution < 1.29 is 4.79 Å². The lowest BCUT2D eigenvalue weighted by atomic mass is 9.85. The number of hydrogen-bond donors (Lipinski definition) is 1. The van der Waals surface area contributed by atoms with Crippen LogP contribution in [0.1, 0.15) is 40.0 Å². The summed E-state index contributed by atoms with van der Waals surface area (Å²) in [5, 5.41) is 0. The Morgan fingerprint density at radius 1 is 1.58 bits per heavy atom. The monoisotopic (exact) mass is 169 g/mol. The summed E-state index contributed by atoms with van der Waals surface area (Å²) in [4.78, 5) is 11.1. The van der Waals surface area contributed by atoms with Crippen LogP contribution in [0.5, 0.6) is 0 Å². The first-order valence-electron chi connectivity index (χ1n) is 4.75. The first kappa shape index (κ1) is 9.56. The third-order valence-electron chi connectivity index (χ3n) is 3.32. The Balaban J connectivity index is 2.61. The van der Waals surface area contributed by atoms with Gasteiger partial charge in [0, 0.05) is 5.41 Å². The average Bonchev–Trinajstić information content (AvgIpc) is 2.33. The smallest absolute Gasteiger partial charge is 0.223 e. The van der Waals surface area contributed by atoms with E-state index in [1.165, 1.54) is 0 Å². The number of nitrogens with two attached hydrogens (primary N) is 1. The molecule has 0 saturated heterocycles. The second-order valence-corrected chi connectivity index (χ2v) is 4.67. The van der Waals surface area contributed by atoms with Crippen LogP contribution in [0, 0.1) is 17.3 Å². The van der Waals surface area contributed by atoms with Gasteiger partial charge < -0.3 is 5.73 Å². The molecule has 0 spiro atoms. The molecule has 0 bridgehead atoms. The molecule has 2 nitrogen and oxygen atoms in total. The standard InChI is InChI=1S/C10H19NO/c1-7(2)8-4-5-10(3,6-8)9(11)12/h7-8H,4-6H2,1-3H3,(H2,11,12)/t8-,10+/m0/s1. The maximum absolute atomic E-state index is 11.1. The number of rotatable bonds is 2. The second kappa shape index (κ2) is 3.08. The predicted molar refractivity (Wildman–Crippen MR) is 49.5 cm³/mol. The van der Waals surface area contributed by atoms with Crippen LogP contribution in [0.4, 0.5) is 0 Å². The Labute approximate surface area is 74.5 Å². The topological polar surface area (TPSA) is 43.1 Å². The van der Waals surface area contributed by atoms with Gasteiger partial charge in [-0.2, -0.15) is 0 Å². The quantitative estimate of drug-likeness (QED) is 0.674. The molecule has 1 aliphatic rings. The summed E-state index contributed by atoms with van der Waals surface area (Å²) < 4.78 is 0. The highest BCUT2D eigenvalue weighted by molar-refractivity contribution is 5.80. The summed E-state index contributed by atoms with van der Waals surface area (Å²) in [7, 11) is 0. The van der Waals surface area contributed by atoms with Crippen LogP contribution in [0.25, 0.3) is 0 Å². The van der Waals surface area contributed by atoms with E-state index in [2.05, 4.69) is 13.8 Å². The zero-order chi connectivity index (χ0) is 9.35. The molecule has 0 aromatic heterocycles. The van der Waals surface area contributed by atoms with E-state index in [0.717, 1.165) is 19.3 Å². The molecule has 2 heteroatoms. The molecule has 1 saturated carbocycles. The van der Waals surface area contributed by atoms with Crippen molar-refractivity contribution in [2.45, 2.75) is 40.0 Å². The van der Waals surface area contributed by atoms with Crippen LogP contribution >= 0.6 is 0 Å². The van der Waals surface area contributed by atoms with Gasteiger partial charge in [0.05, 0.1) is 0 Å². The summed E-state index contributed by atoms with van der Waals surface area (Å²) in [6.45, 7) is 6.44. The number of carbonyl (C=O) groups excluding carboxylic acids is 1. The van der Waals surface area contributed by atoms with Gasteiger partial charge in [0.25, 0.3) is 0 Å². The molecular weight excluding hydrogens is 150 g/mol. The van der Waals surface area contributed by atoms with Gasteiger partial charge in [-0.1, -0.05) is 20.8 Å². The minimum absolute atomic E-state index is 0.120. The maximum Gasteiger partial charge on any atom is 0.223 e. The SMILES string of the molecule is CC(C)[C@H]1CC[C@@](C)(C(N)=O)C1. The first-order valence-corrected chi connectivity index (χ1v) is 4.75. The molecular formula is C10H19NO. The summed E-state index contributed by atoms with van der Waals surface area (Å²) in [5.41, 5.74) is 5.14. The first-order chi connectivity index (χ1) is 5.46. The highest BCUT2D eigenvalue weighted by Gasteiger charge is 2.40. The fourth-order valence-corrected chi connectivity index (χ4v) is 2.08. The van der Waals surface area contributed by atoms with E-state index < -0.39 is 0 Å². The van der Waals surface area contributed by atoms with Crippen molar-refractivity contribution in [2.75, 3.05) is 0 Å². The molecule has 70 valence electrons. The Hall–Kier alpha value is -0.530. The largest absolute Gasteiger partial charge is 0.369 e. The van der Waals surface area contributed by atoms with Gasteiger partial charge in [0.15, 0.2) is 0 Å². The van der Waals surface area contributed by atoms with Crippen molar-refractivity contribution in [1.29, 1.82) is 0 Å². The van der Waals surface area contributed by atoms with Gasteiger partial charge in [0.1, 0.15) is 0 Å². The molecule has 12 heavy (non-hydrogen) atoms. The molecule has 0 aromatic rings. The van der Waals surface area contributed by atoms with Crippen LogP contribution in [-0.4, -0.2) is 5.91 Å². The average molecular weight is 169 g/mol. The molecule has 1 aliphatic carbocycles. The molecule has 1 fully saturated rings. The van der Waals surface area contributed by atoms with E-state index in [1.807, 2.05) is 6.92 Å². The van der Waals surface area contributed by atoms with Gasteiger partial charge in [-0.25, -0.2) is 0 Å². The number of amides is 1. The van der Waals surface area contributed by atoms with Gasteiger partial charge in [-0.15, -0.1) is 0 Å². The van der Waals surface area contributed by atoms with E-state index >= 15 is 0 Å². The molecule has 0 radical (unpaired) electrons. The van der Waals surface area contributed by atoms with E-state index in [0.29, 0.717) is 11.8 Å². The Bertz CT molecular complexity index is 188. The highest BCUT2D eigenvalue weighted by atomic mass is 16.1. The zero-order valence-electron chi connectivity index (χ0n) is 8.26. The molecule has 2 atom stereocenters. The lowest BCUT2D eigenvalue weighted by Crippen LogP contribution is -2.32.